The van der Waals surface area contributed by atoms with E-state index in [1.54, 1.807) is 18.3 Å². The Morgan fingerprint density at radius 3 is 2.32 bits per heavy atom. The van der Waals surface area contributed by atoms with Gasteiger partial charge in [-0.1, -0.05) is 0 Å². The Kier molecular flexibility index (Phi) is 5.84. The quantitative estimate of drug-likeness (QED) is 0.499. The van der Waals surface area contributed by atoms with Crippen LogP contribution >= 0.6 is 0 Å². The summed E-state index contributed by atoms with van der Waals surface area (Å²) in [6.45, 7) is 1.89. The summed E-state index contributed by atoms with van der Waals surface area (Å²) in [5.41, 5.74) is 2.11. The van der Waals surface area contributed by atoms with E-state index in [9.17, 15) is 21.6 Å². The Balaban J connectivity index is 0.000000345. The van der Waals surface area contributed by atoms with E-state index in [0.29, 0.717) is 17.3 Å². The van der Waals surface area contributed by atoms with Crippen molar-refractivity contribution in [2.24, 2.45) is 5.14 Å². The molecule has 0 unspecified atom stereocenters. The zero-order valence-electron chi connectivity index (χ0n) is 14.0. The van der Waals surface area contributed by atoms with Gasteiger partial charge in [0.2, 0.25) is 16.0 Å². The first kappa shape index (κ1) is 21.0. The number of aliphatic carboxylic acids is 1. The Bertz CT molecular complexity index is 1100. The summed E-state index contributed by atoms with van der Waals surface area (Å²) in [5, 5.41) is 22.9. The number of rotatable bonds is 3. The van der Waals surface area contributed by atoms with Crippen LogP contribution in [0.2, 0.25) is 0 Å². The Morgan fingerprint density at radius 2 is 1.82 bits per heavy atom. The molecule has 0 saturated carbocycles. The summed E-state index contributed by atoms with van der Waals surface area (Å²) in [6, 6.07) is 6.00. The Labute approximate surface area is 155 Å². The number of nitrogens with two attached hydrogens (primary N) is 1. The molecule has 10 nitrogen and oxygen atoms in total. The van der Waals surface area contributed by atoms with Crippen molar-refractivity contribution < 1.29 is 31.5 Å². The minimum atomic E-state index is -5.08. The number of hydrogen-bond acceptors (Lipinski definition) is 7. The fourth-order valence-electron chi connectivity index (χ4n) is 1.84. The van der Waals surface area contributed by atoms with Gasteiger partial charge < -0.3 is 10.4 Å². The molecule has 2 heterocycles. The van der Waals surface area contributed by atoms with Crippen molar-refractivity contribution in [3.8, 4) is 0 Å². The number of sulfonamides is 1. The van der Waals surface area contributed by atoms with Crippen LogP contribution in [0.15, 0.2) is 35.4 Å². The Morgan fingerprint density at radius 1 is 1.25 bits per heavy atom. The van der Waals surface area contributed by atoms with Crippen LogP contribution in [0, 0.1) is 6.92 Å². The molecule has 0 spiro atoms. The number of aromatic amines is 1. The van der Waals surface area contributed by atoms with Crippen LogP contribution in [-0.2, 0) is 14.8 Å². The van der Waals surface area contributed by atoms with Crippen LogP contribution in [0.1, 0.15) is 5.69 Å². The number of benzene rings is 1. The van der Waals surface area contributed by atoms with Crippen molar-refractivity contribution >= 4 is 38.7 Å². The molecule has 28 heavy (non-hydrogen) atoms. The number of primary sulfonamides is 1. The zero-order chi connectivity index (χ0) is 21.1. The van der Waals surface area contributed by atoms with Crippen molar-refractivity contribution in [1.29, 1.82) is 0 Å². The third-order valence-electron chi connectivity index (χ3n) is 3.18. The minimum absolute atomic E-state index is 0.0485. The number of alkyl halides is 3. The molecule has 3 rings (SSSR count). The van der Waals surface area contributed by atoms with Gasteiger partial charge in [0.05, 0.1) is 10.3 Å². The van der Waals surface area contributed by atoms with Crippen molar-refractivity contribution in [3.63, 3.8) is 0 Å². The maximum atomic E-state index is 11.2. The topological polar surface area (TPSA) is 164 Å². The van der Waals surface area contributed by atoms with E-state index in [-0.39, 0.29) is 4.90 Å². The number of nitrogens with one attached hydrogen (secondary N) is 2. The molecule has 0 bridgehead atoms. The van der Waals surface area contributed by atoms with E-state index < -0.39 is 22.2 Å². The van der Waals surface area contributed by atoms with Crippen LogP contribution in [0.5, 0.6) is 0 Å². The second kappa shape index (κ2) is 7.77. The molecule has 150 valence electrons. The van der Waals surface area contributed by atoms with Crippen LogP contribution < -0.4 is 10.5 Å². The number of H-pyrrole nitrogens is 1. The number of carboxylic acid groups (broad SMARTS) is 1. The van der Waals surface area contributed by atoms with Crippen LogP contribution in [0.3, 0.4) is 0 Å². The third kappa shape index (κ3) is 5.37. The fourth-order valence-corrected chi connectivity index (χ4v) is 2.35. The van der Waals surface area contributed by atoms with E-state index in [1.807, 2.05) is 6.92 Å². The summed E-state index contributed by atoms with van der Waals surface area (Å²) in [4.78, 5) is 17.4. The van der Waals surface area contributed by atoms with Crippen molar-refractivity contribution in [3.05, 3.63) is 36.2 Å². The van der Waals surface area contributed by atoms with E-state index in [0.717, 1.165) is 11.1 Å². The van der Waals surface area contributed by atoms with Crippen molar-refractivity contribution in [2.75, 3.05) is 5.32 Å². The molecule has 1 aromatic carbocycles. The predicted molar refractivity (Wildman–Crippen MR) is 91.2 cm³/mol. The summed E-state index contributed by atoms with van der Waals surface area (Å²) >= 11 is 0. The predicted octanol–water partition coefficient (Wildman–Crippen LogP) is 1.69. The average Bonchev–Trinajstić information content (AvgIpc) is 2.95. The van der Waals surface area contributed by atoms with Gasteiger partial charge in [-0.3, -0.25) is 5.10 Å². The van der Waals surface area contributed by atoms with Crippen LogP contribution in [0.25, 0.3) is 11.0 Å². The summed E-state index contributed by atoms with van der Waals surface area (Å²) in [6.07, 6.45) is -3.41. The lowest BCUT2D eigenvalue weighted by Gasteiger charge is -2.05. The second-order valence-electron chi connectivity index (χ2n) is 5.28. The molecule has 0 aliphatic carbocycles. The molecule has 5 N–H and O–H groups in total. The lowest BCUT2D eigenvalue weighted by Crippen LogP contribution is -2.21. The lowest BCUT2D eigenvalue weighted by atomic mass is 10.3. The van der Waals surface area contributed by atoms with Gasteiger partial charge in [-0.15, -0.1) is 0 Å². The van der Waals surface area contributed by atoms with Crippen molar-refractivity contribution in [1.82, 2.24) is 20.2 Å². The highest BCUT2D eigenvalue weighted by Crippen LogP contribution is 2.18. The molecule has 14 heteroatoms. The normalized spacial score (nSPS) is 11.6. The molecule has 2 aromatic heterocycles. The first-order valence-corrected chi connectivity index (χ1v) is 8.80. The van der Waals surface area contributed by atoms with Gasteiger partial charge in [0.25, 0.3) is 0 Å². The summed E-state index contributed by atoms with van der Waals surface area (Å²) in [7, 11) is -3.69. The minimum Gasteiger partial charge on any atom is -0.475 e. The largest absolute Gasteiger partial charge is 0.490 e. The van der Waals surface area contributed by atoms with E-state index >= 15 is 0 Å². The average molecular weight is 418 g/mol. The van der Waals surface area contributed by atoms with Gasteiger partial charge in [-0.2, -0.15) is 23.3 Å². The molecule has 0 radical (unpaired) electrons. The highest BCUT2D eigenvalue weighted by Gasteiger charge is 2.38. The van der Waals surface area contributed by atoms with Gasteiger partial charge >= 0.3 is 12.1 Å². The van der Waals surface area contributed by atoms with Gasteiger partial charge in [-0.05, 0) is 31.2 Å². The number of hydrogen-bond donors (Lipinski definition) is 4. The fraction of sp³-hybridized carbons (Fsp3) is 0.143. The first-order valence-electron chi connectivity index (χ1n) is 7.25. The van der Waals surface area contributed by atoms with Crippen LogP contribution in [0.4, 0.5) is 24.8 Å². The molecule has 0 aliphatic heterocycles. The van der Waals surface area contributed by atoms with Gasteiger partial charge in [0.15, 0.2) is 5.65 Å². The maximum Gasteiger partial charge on any atom is 0.490 e. The SMILES string of the molecule is Cc1[nH]nc2nc(Nc3ccc(S(N)(=O)=O)cc3)ncc12.O=C(O)C(F)(F)F. The standard InChI is InChI=1S/C12H12N6O2S.C2HF3O2/c1-7-10-6-14-12(16-11(10)18-17-7)15-8-2-4-9(5-3-8)21(13,19)20;3-2(4,5)1(6)7/h2-6H,1H3,(H2,13,19,20)(H2,14,15,16,17,18);(H,6,7). The van der Waals surface area contributed by atoms with E-state index in [4.69, 9.17) is 15.0 Å². The molecule has 0 saturated heterocycles. The molecule has 0 amide bonds. The first-order chi connectivity index (χ1) is 12.9. The molecule has 0 fully saturated rings. The number of carbonyl (C=O) groups is 1. The van der Waals surface area contributed by atoms with Gasteiger partial charge in [0.1, 0.15) is 0 Å². The summed E-state index contributed by atoms with van der Waals surface area (Å²) < 4.78 is 54.1. The molecule has 0 atom stereocenters. The number of aryl methyl sites for hydroxylation is 1. The zero-order valence-corrected chi connectivity index (χ0v) is 14.8. The third-order valence-corrected chi connectivity index (χ3v) is 4.11. The van der Waals surface area contributed by atoms with E-state index in [2.05, 4.69) is 25.5 Å². The number of anilines is 2. The highest BCUT2D eigenvalue weighted by molar-refractivity contribution is 7.89. The van der Waals surface area contributed by atoms with Crippen molar-refractivity contribution in [2.45, 2.75) is 18.0 Å². The van der Waals surface area contributed by atoms with Gasteiger partial charge in [0, 0.05) is 17.6 Å². The number of nitrogens with zero attached hydrogens (tertiary/aromatic N) is 3. The summed E-state index contributed by atoms with van der Waals surface area (Å²) in [5.74, 6) is -2.38. The second-order valence-corrected chi connectivity index (χ2v) is 6.84. The smallest absolute Gasteiger partial charge is 0.475 e. The number of carboxylic acids is 1. The Hall–Kier alpha value is -3.26. The molecular formula is C14H13F3N6O4S. The maximum absolute atomic E-state index is 11.2. The monoisotopic (exact) mass is 418 g/mol. The highest BCUT2D eigenvalue weighted by atomic mass is 32.2. The molecule has 3 aromatic rings. The molecule has 0 aliphatic rings. The molecular weight excluding hydrogens is 405 g/mol. The van der Waals surface area contributed by atoms with Crippen LogP contribution in [-0.4, -0.2) is 45.8 Å². The number of halogens is 3. The van der Waals surface area contributed by atoms with Gasteiger partial charge in [-0.25, -0.2) is 23.3 Å². The lowest BCUT2D eigenvalue weighted by molar-refractivity contribution is -0.192. The number of fused-ring (bicyclic) bond motifs is 1. The number of aromatic nitrogens is 4. The van der Waals surface area contributed by atoms with E-state index in [1.165, 1.54) is 12.1 Å².